The maximum atomic E-state index is 10.9. The average molecular weight is 178 g/mol. The Hall–Kier alpha value is -0.0651. The van der Waals surface area contributed by atoms with Crippen LogP contribution in [0, 0.1) is 0 Å². The largest absolute Gasteiger partial charge is 0.454 e. The lowest BCUT2D eigenvalue weighted by Gasteiger charge is -2.20. The lowest BCUT2D eigenvalue weighted by molar-refractivity contribution is 0.376. The topological polar surface area (TPSA) is 74.6 Å². The van der Waals surface area contributed by atoms with Crippen molar-refractivity contribution in [3.05, 3.63) is 0 Å². The van der Waals surface area contributed by atoms with Gasteiger partial charge in [0.25, 0.3) is 0 Å². The first-order chi connectivity index (χ1) is 5.01. The molecule has 0 atom stereocenters. The van der Waals surface area contributed by atoms with E-state index in [1.807, 2.05) is 0 Å². The van der Waals surface area contributed by atoms with Crippen molar-refractivity contribution in [2.24, 2.45) is 0 Å². The number of hydrogen-bond donors (Lipinski definition) is 2. The molecule has 0 aliphatic carbocycles. The van der Waals surface area contributed by atoms with Crippen molar-refractivity contribution >= 4 is 17.0 Å². The van der Waals surface area contributed by atoms with E-state index < -0.39 is 17.0 Å². The van der Waals surface area contributed by atoms with Gasteiger partial charge in [0.15, 0.2) is 0 Å². The zero-order valence-corrected chi connectivity index (χ0v) is 6.92. The second-order valence-corrected chi connectivity index (χ2v) is 5.21. The highest BCUT2D eigenvalue weighted by Crippen LogP contribution is 2.24. The van der Waals surface area contributed by atoms with Crippen molar-refractivity contribution in [3.63, 3.8) is 0 Å². The van der Waals surface area contributed by atoms with Crippen LogP contribution in [0.15, 0.2) is 0 Å². The Bertz CT molecular complexity index is 209. The fraction of sp³-hybridized carbons (Fsp3) is 1.00. The smallest absolute Gasteiger partial charge is 0.427 e. The molecule has 64 valence electrons. The van der Waals surface area contributed by atoms with E-state index in [1.54, 1.807) is 0 Å². The molecule has 4 nitrogen and oxygen atoms in total. The van der Waals surface area contributed by atoms with Gasteiger partial charge in [-0.1, -0.05) is 0 Å². The van der Waals surface area contributed by atoms with Crippen LogP contribution in [0.2, 0.25) is 5.82 Å². The normalized spacial score (nSPS) is 24.9. The molecular formula is C5H11BO4S. The number of rotatable bonds is 1. The van der Waals surface area contributed by atoms with Crippen LogP contribution in [-0.4, -0.2) is 37.1 Å². The van der Waals surface area contributed by atoms with E-state index in [2.05, 4.69) is 0 Å². The monoisotopic (exact) mass is 178 g/mol. The fourth-order valence-corrected chi connectivity index (χ4v) is 2.73. The SMILES string of the molecule is O=S1(=O)CCC(B(O)O)CC1. The summed E-state index contributed by atoms with van der Waals surface area (Å²) in [7, 11) is -4.23. The van der Waals surface area contributed by atoms with E-state index in [9.17, 15) is 8.42 Å². The summed E-state index contributed by atoms with van der Waals surface area (Å²) in [6.45, 7) is 0. The van der Waals surface area contributed by atoms with E-state index in [-0.39, 0.29) is 17.3 Å². The highest BCUT2D eigenvalue weighted by molar-refractivity contribution is 7.91. The molecule has 0 saturated carbocycles. The Morgan fingerprint density at radius 3 is 2.00 bits per heavy atom. The van der Waals surface area contributed by atoms with Crippen LogP contribution < -0.4 is 0 Å². The molecule has 1 saturated heterocycles. The second kappa shape index (κ2) is 3.12. The van der Waals surface area contributed by atoms with Gasteiger partial charge in [-0.2, -0.15) is 0 Å². The highest BCUT2D eigenvalue weighted by atomic mass is 32.2. The van der Waals surface area contributed by atoms with Crippen molar-refractivity contribution in [2.75, 3.05) is 11.5 Å². The lowest BCUT2D eigenvalue weighted by atomic mass is 9.69. The van der Waals surface area contributed by atoms with Crippen molar-refractivity contribution in [1.29, 1.82) is 0 Å². The van der Waals surface area contributed by atoms with Gasteiger partial charge in [0, 0.05) is 11.5 Å². The molecule has 1 heterocycles. The Balaban J connectivity index is 2.49. The summed E-state index contributed by atoms with van der Waals surface area (Å²) in [5.74, 6) is -0.0663. The molecule has 0 aromatic carbocycles. The van der Waals surface area contributed by atoms with Crippen molar-refractivity contribution in [3.8, 4) is 0 Å². The minimum atomic E-state index is -2.87. The van der Waals surface area contributed by atoms with E-state index in [0.29, 0.717) is 12.8 Å². The number of sulfone groups is 1. The quantitative estimate of drug-likeness (QED) is 0.507. The van der Waals surface area contributed by atoms with Gasteiger partial charge in [-0.15, -0.1) is 0 Å². The summed E-state index contributed by atoms with van der Waals surface area (Å²) in [5.41, 5.74) is 0. The van der Waals surface area contributed by atoms with Gasteiger partial charge in [-0.3, -0.25) is 0 Å². The minimum Gasteiger partial charge on any atom is -0.427 e. The van der Waals surface area contributed by atoms with Gasteiger partial charge in [0.2, 0.25) is 0 Å². The summed E-state index contributed by atoms with van der Waals surface area (Å²) in [6.07, 6.45) is 0.750. The molecule has 1 rings (SSSR count). The molecule has 0 amide bonds. The van der Waals surface area contributed by atoms with Crippen LogP contribution in [0.1, 0.15) is 12.8 Å². The van der Waals surface area contributed by atoms with Crippen LogP contribution in [0.4, 0.5) is 0 Å². The molecule has 6 heteroatoms. The Labute approximate surface area is 66.3 Å². The lowest BCUT2D eigenvalue weighted by Crippen LogP contribution is -2.29. The molecule has 11 heavy (non-hydrogen) atoms. The molecule has 1 fully saturated rings. The molecule has 1 aliphatic rings. The Kier molecular flexibility index (Phi) is 2.56. The standard InChI is InChI=1S/C5H11BO4S/c7-6(8)5-1-3-11(9,10)4-2-5/h5,7-8H,1-4H2. The predicted octanol–water partition coefficient (Wildman–Crippen LogP) is -0.962. The summed E-state index contributed by atoms with van der Waals surface area (Å²) in [6, 6.07) is 0. The molecule has 0 aromatic heterocycles. The Morgan fingerprint density at radius 2 is 1.64 bits per heavy atom. The van der Waals surface area contributed by atoms with Gasteiger partial charge in [-0.05, 0) is 18.7 Å². The van der Waals surface area contributed by atoms with Crippen molar-refractivity contribution in [1.82, 2.24) is 0 Å². The third kappa shape index (κ3) is 2.46. The van der Waals surface area contributed by atoms with E-state index >= 15 is 0 Å². The number of hydrogen-bond acceptors (Lipinski definition) is 4. The maximum absolute atomic E-state index is 10.9. The average Bonchev–Trinajstić information content (AvgIpc) is 1.86. The highest BCUT2D eigenvalue weighted by Gasteiger charge is 2.30. The van der Waals surface area contributed by atoms with Crippen LogP contribution in [-0.2, 0) is 9.84 Å². The molecule has 1 aliphatic heterocycles. The van der Waals surface area contributed by atoms with Gasteiger partial charge < -0.3 is 10.0 Å². The summed E-state index contributed by atoms with van der Waals surface area (Å²) in [5, 5.41) is 17.4. The van der Waals surface area contributed by atoms with Crippen LogP contribution >= 0.6 is 0 Å². The predicted molar refractivity (Wildman–Crippen MR) is 41.8 cm³/mol. The van der Waals surface area contributed by atoms with E-state index in [0.717, 1.165) is 0 Å². The maximum Gasteiger partial charge on any atom is 0.454 e. The van der Waals surface area contributed by atoms with Crippen molar-refractivity contribution < 1.29 is 18.5 Å². The molecule has 2 N–H and O–H groups in total. The molecule has 0 spiro atoms. The van der Waals surface area contributed by atoms with Crippen LogP contribution in [0.25, 0.3) is 0 Å². The third-order valence-electron chi connectivity index (χ3n) is 2.02. The summed E-state index contributed by atoms with van der Waals surface area (Å²) >= 11 is 0. The van der Waals surface area contributed by atoms with Gasteiger partial charge in [0.1, 0.15) is 9.84 Å². The van der Waals surface area contributed by atoms with E-state index in [1.165, 1.54) is 0 Å². The Morgan fingerprint density at radius 1 is 1.18 bits per heavy atom. The third-order valence-corrected chi connectivity index (χ3v) is 3.74. The molecule has 0 aromatic rings. The molecule has 0 radical (unpaired) electrons. The van der Waals surface area contributed by atoms with Gasteiger partial charge in [0.05, 0.1) is 0 Å². The van der Waals surface area contributed by atoms with Crippen molar-refractivity contribution in [2.45, 2.75) is 18.7 Å². The minimum absolute atomic E-state index is 0.0925. The molecule has 0 bridgehead atoms. The fourth-order valence-electron chi connectivity index (χ4n) is 1.21. The van der Waals surface area contributed by atoms with Gasteiger partial charge in [-0.25, -0.2) is 8.42 Å². The first-order valence-corrected chi connectivity index (χ1v) is 5.40. The second-order valence-electron chi connectivity index (χ2n) is 2.90. The first-order valence-electron chi connectivity index (χ1n) is 3.58. The van der Waals surface area contributed by atoms with Gasteiger partial charge >= 0.3 is 7.12 Å². The summed E-state index contributed by atoms with van der Waals surface area (Å²) < 4.78 is 21.7. The zero-order valence-electron chi connectivity index (χ0n) is 6.10. The van der Waals surface area contributed by atoms with Crippen LogP contribution in [0.3, 0.4) is 0 Å². The first kappa shape index (κ1) is 9.03. The summed E-state index contributed by atoms with van der Waals surface area (Å²) in [4.78, 5) is 0. The zero-order chi connectivity index (χ0) is 8.48. The molecular weight excluding hydrogens is 167 g/mol. The van der Waals surface area contributed by atoms with Crippen LogP contribution in [0.5, 0.6) is 0 Å². The molecule has 0 unspecified atom stereocenters. The van der Waals surface area contributed by atoms with E-state index in [4.69, 9.17) is 10.0 Å².